The van der Waals surface area contributed by atoms with Gasteiger partial charge in [-0.3, -0.25) is 14.4 Å². The summed E-state index contributed by atoms with van der Waals surface area (Å²) in [7, 11) is 1.44. The Hall–Kier alpha value is -1.45. The molecule has 29 heavy (non-hydrogen) atoms. The molecule has 0 aromatic carbocycles. The van der Waals surface area contributed by atoms with Gasteiger partial charge in [0.05, 0.1) is 7.11 Å². The van der Waals surface area contributed by atoms with Crippen LogP contribution in [-0.4, -0.2) is 24.6 Å². The van der Waals surface area contributed by atoms with Crippen molar-refractivity contribution in [2.45, 2.75) is 78.6 Å². The minimum atomic E-state index is -0.308. The van der Waals surface area contributed by atoms with E-state index in [2.05, 4.69) is 20.8 Å². The van der Waals surface area contributed by atoms with E-state index in [9.17, 15) is 14.4 Å². The average Bonchev–Trinajstić information content (AvgIpc) is 3.06. The summed E-state index contributed by atoms with van der Waals surface area (Å²) in [5, 5.41) is 0. The third-order valence-electron chi connectivity index (χ3n) is 9.53. The molecule has 4 rings (SSSR count). The number of carbonyl (C=O) groups is 3. The highest BCUT2D eigenvalue weighted by Gasteiger charge is 2.61. The molecule has 7 atom stereocenters. The molecule has 0 N–H and O–H groups in total. The van der Waals surface area contributed by atoms with E-state index in [4.69, 9.17) is 4.74 Å². The molecule has 0 aromatic heterocycles. The second kappa shape index (κ2) is 7.35. The van der Waals surface area contributed by atoms with Crippen LogP contribution >= 0.6 is 0 Å². The van der Waals surface area contributed by atoms with Crippen LogP contribution in [0.15, 0.2) is 11.6 Å². The monoisotopic (exact) mass is 400 g/mol. The lowest BCUT2D eigenvalue weighted by Gasteiger charge is -2.55. The number of methoxy groups -OCH3 is 1. The number of Topliss-reactive ketones (excluding diaryl/α,β-unsaturated/α-hetero) is 1. The summed E-state index contributed by atoms with van der Waals surface area (Å²) in [4.78, 5) is 37.3. The Morgan fingerprint density at radius 2 is 1.97 bits per heavy atom. The van der Waals surface area contributed by atoms with Gasteiger partial charge in [0.1, 0.15) is 5.78 Å². The van der Waals surface area contributed by atoms with E-state index < -0.39 is 0 Å². The lowest BCUT2D eigenvalue weighted by Crippen LogP contribution is -2.51. The molecule has 160 valence electrons. The predicted octanol–water partition coefficient (Wildman–Crippen LogP) is 4.90. The quantitative estimate of drug-likeness (QED) is 0.630. The van der Waals surface area contributed by atoms with Crippen molar-refractivity contribution in [3.05, 3.63) is 11.6 Å². The number of allylic oxidation sites excluding steroid dienone is 2. The maximum atomic E-state index is 13.6. The summed E-state index contributed by atoms with van der Waals surface area (Å²) in [5.41, 5.74) is 1.09. The smallest absolute Gasteiger partial charge is 0.305 e. The van der Waals surface area contributed by atoms with Crippen molar-refractivity contribution in [1.29, 1.82) is 0 Å². The van der Waals surface area contributed by atoms with E-state index >= 15 is 0 Å². The molecular formula is C25H36O4. The molecule has 0 aliphatic heterocycles. The van der Waals surface area contributed by atoms with Crippen molar-refractivity contribution in [1.82, 2.24) is 0 Å². The first kappa shape index (κ1) is 20.8. The first-order valence-corrected chi connectivity index (χ1v) is 11.6. The van der Waals surface area contributed by atoms with Gasteiger partial charge >= 0.3 is 5.97 Å². The second-order valence-electron chi connectivity index (χ2n) is 10.7. The highest BCUT2D eigenvalue weighted by Crippen LogP contribution is 2.65. The Morgan fingerprint density at radius 1 is 1.21 bits per heavy atom. The van der Waals surface area contributed by atoms with Crippen molar-refractivity contribution in [2.75, 3.05) is 7.11 Å². The van der Waals surface area contributed by atoms with E-state index in [-0.39, 0.29) is 16.8 Å². The van der Waals surface area contributed by atoms with E-state index in [0.717, 1.165) is 38.5 Å². The van der Waals surface area contributed by atoms with Crippen LogP contribution in [0.3, 0.4) is 0 Å². The number of hydrogen-bond acceptors (Lipinski definition) is 4. The van der Waals surface area contributed by atoms with Crippen LogP contribution in [0.5, 0.6) is 0 Å². The molecule has 4 nitrogen and oxygen atoms in total. The van der Waals surface area contributed by atoms with Gasteiger partial charge in [-0.25, -0.2) is 0 Å². The third kappa shape index (κ3) is 3.13. The Balaban J connectivity index is 1.61. The van der Waals surface area contributed by atoms with Crippen LogP contribution in [0.2, 0.25) is 0 Å². The number of ether oxygens (including phenoxy) is 1. The van der Waals surface area contributed by atoms with E-state index in [1.165, 1.54) is 12.7 Å². The highest BCUT2D eigenvalue weighted by molar-refractivity contribution is 5.97. The number of rotatable bonds is 4. The van der Waals surface area contributed by atoms with Crippen LogP contribution in [0.1, 0.15) is 78.6 Å². The van der Waals surface area contributed by atoms with Gasteiger partial charge in [0.15, 0.2) is 5.78 Å². The molecule has 3 saturated carbocycles. The van der Waals surface area contributed by atoms with Crippen LogP contribution in [-0.2, 0) is 19.1 Å². The molecule has 2 unspecified atom stereocenters. The third-order valence-corrected chi connectivity index (χ3v) is 9.53. The minimum absolute atomic E-state index is 0.0302. The molecule has 3 fully saturated rings. The fourth-order valence-corrected chi connectivity index (χ4v) is 7.70. The molecule has 0 radical (unpaired) electrons. The second-order valence-corrected chi connectivity index (χ2v) is 10.7. The molecule has 4 aliphatic rings. The van der Waals surface area contributed by atoms with E-state index in [1.54, 1.807) is 0 Å². The zero-order valence-corrected chi connectivity index (χ0v) is 18.5. The first-order valence-electron chi connectivity index (χ1n) is 11.6. The summed E-state index contributed by atoms with van der Waals surface area (Å²) < 4.78 is 4.82. The zero-order chi connectivity index (χ0) is 21.0. The Kier molecular flexibility index (Phi) is 5.28. The number of fused-ring (bicyclic) bond motifs is 5. The Morgan fingerprint density at radius 3 is 2.69 bits per heavy atom. The van der Waals surface area contributed by atoms with Crippen molar-refractivity contribution in [2.24, 2.45) is 40.4 Å². The number of carbonyl (C=O) groups excluding carboxylic acids is 3. The fraction of sp³-hybridized carbons (Fsp3) is 0.800. The molecule has 0 heterocycles. The van der Waals surface area contributed by atoms with Gasteiger partial charge in [-0.1, -0.05) is 26.3 Å². The predicted molar refractivity (Wildman–Crippen MR) is 111 cm³/mol. The molecule has 0 spiro atoms. The van der Waals surface area contributed by atoms with Gasteiger partial charge in [-0.05, 0) is 79.6 Å². The molecule has 0 amide bonds. The van der Waals surface area contributed by atoms with Crippen LogP contribution in [0.4, 0.5) is 0 Å². The SMILES string of the molecule is COC(=O)CCC(C)[C@H]1CC[C@H]2[C@@H]3CCC4CC(=O)CC[C@]4(C)C3=CC(=O)[C@]12C. The largest absolute Gasteiger partial charge is 0.469 e. The average molecular weight is 401 g/mol. The highest BCUT2D eigenvalue weighted by atomic mass is 16.5. The van der Waals surface area contributed by atoms with Crippen LogP contribution < -0.4 is 0 Å². The van der Waals surface area contributed by atoms with Crippen molar-refractivity contribution >= 4 is 17.5 Å². The zero-order valence-electron chi connectivity index (χ0n) is 18.5. The molecular weight excluding hydrogens is 364 g/mol. The molecule has 0 aromatic rings. The lowest BCUT2D eigenvalue weighted by molar-refractivity contribution is -0.141. The van der Waals surface area contributed by atoms with Gasteiger partial charge < -0.3 is 4.74 Å². The van der Waals surface area contributed by atoms with E-state index in [0.29, 0.717) is 60.4 Å². The maximum Gasteiger partial charge on any atom is 0.305 e. The van der Waals surface area contributed by atoms with Gasteiger partial charge in [0, 0.05) is 24.7 Å². The first-order chi connectivity index (χ1) is 13.7. The maximum absolute atomic E-state index is 13.6. The lowest BCUT2D eigenvalue weighted by atomic mass is 9.48. The summed E-state index contributed by atoms with van der Waals surface area (Å²) in [6.45, 7) is 6.74. The van der Waals surface area contributed by atoms with E-state index in [1.807, 2.05) is 6.08 Å². The minimum Gasteiger partial charge on any atom is -0.469 e. The van der Waals surface area contributed by atoms with Crippen LogP contribution in [0.25, 0.3) is 0 Å². The Bertz CT molecular complexity index is 752. The summed E-state index contributed by atoms with van der Waals surface area (Å²) in [5.74, 6) is 2.54. The molecule has 4 heteroatoms. The standard InChI is InChI=1S/C25H36O4/c1-15(5-10-23(28)29-4)19-8-9-20-18-7-6-16-13-17(26)11-12-24(16,2)21(18)14-22(27)25(19,20)3/h14-16,18-20H,5-13H2,1-4H3/t15?,16?,18-,19+,20-,24-,25+/m0/s1. The summed E-state index contributed by atoms with van der Waals surface area (Å²) in [6.07, 6.45) is 9.94. The fourth-order valence-electron chi connectivity index (χ4n) is 7.70. The molecule has 0 bridgehead atoms. The number of hydrogen-bond donors (Lipinski definition) is 0. The number of esters is 1. The van der Waals surface area contributed by atoms with Gasteiger partial charge in [-0.2, -0.15) is 0 Å². The molecule has 4 aliphatic carbocycles. The van der Waals surface area contributed by atoms with Gasteiger partial charge in [0.25, 0.3) is 0 Å². The van der Waals surface area contributed by atoms with Crippen molar-refractivity contribution in [3.63, 3.8) is 0 Å². The topological polar surface area (TPSA) is 60.4 Å². The van der Waals surface area contributed by atoms with Crippen molar-refractivity contribution < 1.29 is 19.1 Å². The van der Waals surface area contributed by atoms with Crippen LogP contribution in [0, 0.1) is 40.4 Å². The Labute approximate surface area is 174 Å². The van der Waals surface area contributed by atoms with Gasteiger partial charge in [-0.15, -0.1) is 0 Å². The normalized spacial score (nSPS) is 42.4. The van der Waals surface area contributed by atoms with Gasteiger partial charge in [0.2, 0.25) is 0 Å². The summed E-state index contributed by atoms with van der Waals surface area (Å²) in [6, 6.07) is 0. The van der Waals surface area contributed by atoms with Crippen molar-refractivity contribution in [3.8, 4) is 0 Å². The summed E-state index contributed by atoms with van der Waals surface area (Å²) >= 11 is 0. The molecule has 0 saturated heterocycles. The number of ketones is 2.